The van der Waals surface area contributed by atoms with Crippen LogP contribution in [0.3, 0.4) is 0 Å². The van der Waals surface area contributed by atoms with Crippen LogP contribution in [0.5, 0.6) is 5.75 Å². The Hall–Kier alpha value is -1.80. The topological polar surface area (TPSA) is 21.3 Å². The van der Waals surface area contributed by atoms with Crippen molar-refractivity contribution in [1.82, 2.24) is 5.32 Å². The number of benzene rings is 2. The van der Waals surface area contributed by atoms with Crippen LogP contribution in [0.4, 0.5) is 0 Å². The Balaban J connectivity index is 2.14. The summed E-state index contributed by atoms with van der Waals surface area (Å²) >= 11 is 0. The van der Waals surface area contributed by atoms with E-state index in [4.69, 9.17) is 4.74 Å². The lowest BCUT2D eigenvalue weighted by molar-refractivity contribution is 0.202. The molecule has 1 N–H and O–H groups in total. The summed E-state index contributed by atoms with van der Waals surface area (Å²) in [7, 11) is 0. The highest BCUT2D eigenvalue weighted by Crippen LogP contribution is 2.22. The Labute approximate surface area is 121 Å². The molecule has 1 atom stereocenters. The highest BCUT2D eigenvalue weighted by molar-refractivity contribution is 5.30. The van der Waals surface area contributed by atoms with Gasteiger partial charge in [0.15, 0.2) is 0 Å². The normalized spacial score (nSPS) is 12.1. The molecule has 2 nitrogen and oxygen atoms in total. The molecule has 2 rings (SSSR count). The van der Waals surface area contributed by atoms with Crippen molar-refractivity contribution in [3.63, 3.8) is 0 Å². The first-order valence-electron chi connectivity index (χ1n) is 7.34. The van der Waals surface area contributed by atoms with E-state index >= 15 is 0 Å². The van der Waals surface area contributed by atoms with Gasteiger partial charge in [0.25, 0.3) is 0 Å². The minimum atomic E-state index is 0.0447. The van der Waals surface area contributed by atoms with E-state index in [1.54, 1.807) is 0 Å². The molecular formula is C18H23NO. The Morgan fingerprint density at radius 3 is 2.50 bits per heavy atom. The van der Waals surface area contributed by atoms with Gasteiger partial charge in [-0.15, -0.1) is 0 Å². The molecule has 0 amide bonds. The van der Waals surface area contributed by atoms with E-state index in [9.17, 15) is 0 Å². The zero-order valence-electron chi connectivity index (χ0n) is 12.3. The van der Waals surface area contributed by atoms with E-state index in [-0.39, 0.29) is 6.10 Å². The Morgan fingerprint density at radius 2 is 1.80 bits per heavy atom. The van der Waals surface area contributed by atoms with Crippen LogP contribution in [0.2, 0.25) is 0 Å². The number of nitrogens with one attached hydrogen (secondary N) is 1. The summed E-state index contributed by atoms with van der Waals surface area (Å²) in [6.45, 7) is 6.03. The third kappa shape index (κ3) is 4.10. The zero-order chi connectivity index (χ0) is 14.2. The summed E-state index contributed by atoms with van der Waals surface area (Å²) in [5.41, 5.74) is 2.51. The van der Waals surface area contributed by atoms with Crippen molar-refractivity contribution in [3.05, 3.63) is 65.7 Å². The van der Waals surface area contributed by atoms with Crippen LogP contribution in [0.1, 0.15) is 31.1 Å². The van der Waals surface area contributed by atoms with E-state index < -0.39 is 0 Å². The molecule has 0 bridgehead atoms. The van der Waals surface area contributed by atoms with Gasteiger partial charge >= 0.3 is 0 Å². The van der Waals surface area contributed by atoms with Gasteiger partial charge in [0, 0.05) is 6.54 Å². The average Bonchev–Trinajstić information content (AvgIpc) is 2.52. The van der Waals surface area contributed by atoms with Gasteiger partial charge in [-0.1, -0.05) is 56.3 Å². The summed E-state index contributed by atoms with van der Waals surface area (Å²) in [4.78, 5) is 0. The van der Waals surface area contributed by atoms with Gasteiger partial charge in [-0.05, 0) is 36.2 Å². The lowest BCUT2D eigenvalue weighted by atomic mass is 10.1. The van der Waals surface area contributed by atoms with Gasteiger partial charge in [0.05, 0.1) is 0 Å². The van der Waals surface area contributed by atoms with Crippen LogP contribution in [0.25, 0.3) is 0 Å². The van der Waals surface area contributed by atoms with Crippen molar-refractivity contribution >= 4 is 0 Å². The van der Waals surface area contributed by atoms with Gasteiger partial charge < -0.3 is 10.1 Å². The first-order valence-corrected chi connectivity index (χ1v) is 7.34. The third-order valence-electron chi connectivity index (χ3n) is 3.34. The van der Waals surface area contributed by atoms with Gasteiger partial charge in [-0.3, -0.25) is 0 Å². The van der Waals surface area contributed by atoms with Crippen molar-refractivity contribution in [2.24, 2.45) is 0 Å². The molecule has 106 valence electrons. The molecule has 0 aliphatic rings. The molecule has 0 spiro atoms. The predicted octanol–water partition coefficient (Wildman–Crippen LogP) is 3.98. The second-order valence-corrected chi connectivity index (χ2v) is 4.83. The molecule has 0 saturated heterocycles. The Bertz CT molecular complexity index is 510. The first kappa shape index (κ1) is 14.6. The molecule has 0 radical (unpaired) electrons. The summed E-state index contributed by atoms with van der Waals surface area (Å²) in [5.74, 6) is 0.941. The summed E-state index contributed by atoms with van der Waals surface area (Å²) < 4.78 is 6.18. The molecule has 0 aromatic heterocycles. The van der Waals surface area contributed by atoms with E-state index in [2.05, 4.69) is 61.6 Å². The van der Waals surface area contributed by atoms with Crippen molar-refractivity contribution in [2.45, 2.75) is 26.4 Å². The maximum absolute atomic E-state index is 6.18. The second-order valence-electron chi connectivity index (χ2n) is 4.83. The van der Waals surface area contributed by atoms with Gasteiger partial charge in [0.1, 0.15) is 11.9 Å². The second kappa shape index (κ2) is 7.71. The highest BCUT2D eigenvalue weighted by atomic mass is 16.5. The fraction of sp³-hybridized carbons (Fsp3) is 0.333. The lowest BCUT2D eigenvalue weighted by Gasteiger charge is -2.20. The molecule has 2 heteroatoms. The van der Waals surface area contributed by atoms with Gasteiger partial charge in [-0.2, -0.15) is 0 Å². The van der Waals surface area contributed by atoms with E-state index in [1.807, 2.05) is 12.1 Å². The maximum Gasteiger partial charge on any atom is 0.136 e. The van der Waals surface area contributed by atoms with E-state index in [0.29, 0.717) is 0 Å². The van der Waals surface area contributed by atoms with Crippen LogP contribution >= 0.6 is 0 Å². The fourth-order valence-corrected chi connectivity index (χ4v) is 2.17. The summed E-state index contributed by atoms with van der Waals surface area (Å²) in [5, 5.41) is 3.37. The van der Waals surface area contributed by atoms with Crippen LogP contribution < -0.4 is 10.1 Å². The van der Waals surface area contributed by atoms with Crippen molar-refractivity contribution in [1.29, 1.82) is 0 Å². The Kier molecular flexibility index (Phi) is 5.63. The molecule has 2 aromatic rings. The lowest BCUT2D eigenvalue weighted by Crippen LogP contribution is -2.24. The smallest absolute Gasteiger partial charge is 0.136 e. The standard InChI is InChI=1S/C18H23NO/c1-3-15-9-8-12-17(13-15)20-18(14-19-4-2)16-10-6-5-7-11-16/h5-13,18-19H,3-4,14H2,1-2H3. The van der Waals surface area contributed by atoms with Crippen LogP contribution in [0, 0.1) is 0 Å². The minimum Gasteiger partial charge on any atom is -0.484 e. The molecule has 0 aliphatic carbocycles. The third-order valence-corrected chi connectivity index (χ3v) is 3.34. The Morgan fingerprint density at radius 1 is 1.00 bits per heavy atom. The van der Waals surface area contributed by atoms with Gasteiger partial charge in [-0.25, -0.2) is 0 Å². The monoisotopic (exact) mass is 269 g/mol. The number of hydrogen-bond acceptors (Lipinski definition) is 2. The SMILES string of the molecule is CCNCC(Oc1cccc(CC)c1)c1ccccc1. The van der Waals surface area contributed by atoms with E-state index in [1.165, 1.54) is 11.1 Å². The summed E-state index contributed by atoms with van der Waals surface area (Å²) in [6.07, 6.45) is 1.07. The average molecular weight is 269 g/mol. The molecule has 0 heterocycles. The van der Waals surface area contributed by atoms with E-state index in [0.717, 1.165) is 25.3 Å². The minimum absolute atomic E-state index is 0.0447. The fourth-order valence-electron chi connectivity index (χ4n) is 2.17. The molecule has 0 aliphatic heterocycles. The number of likely N-dealkylation sites (N-methyl/N-ethyl adjacent to an activating group) is 1. The number of hydrogen-bond donors (Lipinski definition) is 1. The molecule has 0 fully saturated rings. The molecule has 0 saturated carbocycles. The molecule has 1 unspecified atom stereocenters. The molecular weight excluding hydrogens is 246 g/mol. The maximum atomic E-state index is 6.18. The van der Waals surface area contributed by atoms with Crippen molar-refractivity contribution in [3.8, 4) is 5.75 Å². The van der Waals surface area contributed by atoms with Crippen LogP contribution in [-0.4, -0.2) is 13.1 Å². The van der Waals surface area contributed by atoms with Crippen molar-refractivity contribution < 1.29 is 4.74 Å². The number of ether oxygens (including phenoxy) is 1. The predicted molar refractivity (Wildman–Crippen MR) is 84.2 cm³/mol. The van der Waals surface area contributed by atoms with Crippen LogP contribution in [-0.2, 0) is 6.42 Å². The molecule has 2 aromatic carbocycles. The quantitative estimate of drug-likeness (QED) is 0.821. The van der Waals surface area contributed by atoms with Crippen LogP contribution in [0.15, 0.2) is 54.6 Å². The largest absolute Gasteiger partial charge is 0.484 e. The molecule has 20 heavy (non-hydrogen) atoms. The zero-order valence-corrected chi connectivity index (χ0v) is 12.3. The number of aryl methyl sites for hydroxylation is 1. The first-order chi connectivity index (χ1) is 9.83. The highest BCUT2D eigenvalue weighted by Gasteiger charge is 2.12. The number of rotatable bonds is 7. The van der Waals surface area contributed by atoms with Gasteiger partial charge in [0.2, 0.25) is 0 Å². The summed E-state index contributed by atoms with van der Waals surface area (Å²) in [6, 6.07) is 18.7. The van der Waals surface area contributed by atoms with Crippen molar-refractivity contribution in [2.75, 3.05) is 13.1 Å².